The molecule has 0 saturated carbocycles. The van der Waals surface area contributed by atoms with Crippen LogP contribution in [0, 0.1) is 13.8 Å². The lowest BCUT2D eigenvalue weighted by Crippen LogP contribution is -2.36. The SMILES string of the molecule is C/N=C/C=C1CCN(C(=O)c2ccc(Nc3nc(-c4sc(C)nc4C)cs3)nc2)CC1. The predicted octanol–water partition coefficient (Wildman–Crippen LogP) is 4.89. The largest absolute Gasteiger partial charge is 0.338 e. The van der Waals surface area contributed by atoms with E-state index in [0.29, 0.717) is 11.4 Å². The van der Waals surface area contributed by atoms with Crippen LogP contribution in [0.1, 0.15) is 33.9 Å². The van der Waals surface area contributed by atoms with Crippen LogP contribution in [0.2, 0.25) is 0 Å². The van der Waals surface area contributed by atoms with Gasteiger partial charge < -0.3 is 10.2 Å². The number of aliphatic imine (C=N–C) groups is 1. The van der Waals surface area contributed by atoms with Crippen molar-refractivity contribution in [2.24, 2.45) is 4.99 Å². The van der Waals surface area contributed by atoms with Crippen molar-refractivity contribution in [1.29, 1.82) is 0 Å². The number of carbonyl (C=O) groups is 1. The number of aromatic nitrogens is 3. The summed E-state index contributed by atoms with van der Waals surface area (Å²) in [7, 11) is 1.76. The van der Waals surface area contributed by atoms with Crippen molar-refractivity contribution in [3.05, 3.63) is 51.6 Å². The number of piperidine rings is 1. The Morgan fingerprint density at radius 1 is 1.23 bits per heavy atom. The monoisotopic (exact) mass is 452 g/mol. The van der Waals surface area contributed by atoms with Crippen LogP contribution in [0.3, 0.4) is 0 Å². The molecule has 4 rings (SSSR count). The van der Waals surface area contributed by atoms with Crippen molar-refractivity contribution in [2.45, 2.75) is 26.7 Å². The quantitative estimate of drug-likeness (QED) is 0.558. The summed E-state index contributed by atoms with van der Waals surface area (Å²) in [4.78, 5) is 33.3. The third kappa shape index (κ3) is 5.05. The molecular formula is C22H24N6OS2. The molecule has 0 aromatic carbocycles. The lowest BCUT2D eigenvalue weighted by atomic mass is 10.0. The number of pyridine rings is 1. The van der Waals surface area contributed by atoms with Crippen LogP contribution in [0.25, 0.3) is 10.6 Å². The summed E-state index contributed by atoms with van der Waals surface area (Å²) in [5.41, 5.74) is 3.85. The first-order valence-corrected chi connectivity index (χ1v) is 11.8. The third-order valence-electron chi connectivity index (χ3n) is 5.04. The first-order valence-electron chi connectivity index (χ1n) is 10.1. The number of nitrogens with zero attached hydrogens (tertiary/aromatic N) is 5. The summed E-state index contributed by atoms with van der Waals surface area (Å²) < 4.78 is 0. The Balaban J connectivity index is 1.38. The van der Waals surface area contributed by atoms with Gasteiger partial charge in [-0.15, -0.1) is 22.7 Å². The molecule has 1 saturated heterocycles. The van der Waals surface area contributed by atoms with Crippen molar-refractivity contribution >= 4 is 45.7 Å². The van der Waals surface area contributed by atoms with Crippen LogP contribution in [0.5, 0.6) is 0 Å². The highest BCUT2D eigenvalue weighted by atomic mass is 32.1. The zero-order valence-electron chi connectivity index (χ0n) is 17.8. The van der Waals surface area contributed by atoms with Gasteiger partial charge in [-0.25, -0.2) is 15.0 Å². The number of nitrogens with one attached hydrogen (secondary N) is 1. The van der Waals surface area contributed by atoms with Gasteiger partial charge in [-0.1, -0.05) is 5.57 Å². The lowest BCUT2D eigenvalue weighted by molar-refractivity contribution is 0.0743. The number of carbonyl (C=O) groups excluding carboxylic acids is 1. The standard InChI is InChI=1S/C22H24N6OS2/c1-14-20(31-15(2)25-14)18-13-30-22(26-18)27-19-5-4-17(12-24-19)21(29)28-10-7-16(8-11-28)6-9-23-3/h4-6,9,12-13H,7-8,10-11H2,1-3H3,(H,24,26,27)/b23-9+. The Labute approximate surface area is 189 Å². The smallest absolute Gasteiger partial charge is 0.255 e. The molecule has 9 heteroatoms. The molecule has 3 aromatic heterocycles. The van der Waals surface area contributed by atoms with Crippen LogP contribution < -0.4 is 5.32 Å². The molecular weight excluding hydrogens is 428 g/mol. The van der Waals surface area contributed by atoms with Crippen molar-refractivity contribution in [2.75, 3.05) is 25.5 Å². The van der Waals surface area contributed by atoms with Crippen LogP contribution in [0.15, 0.2) is 40.4 Å². The number of allylic oxidation sites excluding steroid dienone is 1. The van der Waals surface area contributed by atoms with E-state index in [0.717, 1.165) is 52.3 Å². The molecule has 3 aromatic rings. The number of hydrogen-bond acceptors (Lipinski definition) is 8. The predicted molar refractivity (Wildman–Crippen MR) is 128 cm³/mol. The summed E-state index contributed by atoms with van der Waals surface area (Å²) in [5, 5.41) is 7.04. The van der Waals surface area contributed by atoms with Gasteiger partial charge >= 0.3 is 0 Å². The van der Waals surface area contributed by atoms with E-state index in [-0.39, 0.29) is 5.91 Å². The topological polar surface area (TPSA) is 83.4 Å². The molecule has 31 heavy (non-hydrogen) atoms. The number of likely N-dealkylation sites (tertiary alicyclic amines) is 1. The van der Waals surface area contributed by atoms with Gasteiger partial charge in [0.1, 0.15) is 5.82 Å². The second-order valence-corrected chi connectivity index (χ2v) is 9.33. The van der Waals surface area contributed by atoms with Crippen molar-refractivity contribution < 1.29 is 4.79 Å². The highest BCUT2D eigenvalue weighted by molar-refractivity contribution is 7.16. The fraction of sp³-hybridized carbons (Fsp3) is 0.318. The van der Waals surface area contributed by atoms with Gasteiger partial charge in [0.15, 0.2) is 5.13 Å². The van der Waals surface area contributed by atoms with Crippen LogP contribution in [0.4, 0.5) is 10.9 Å². The maximum absolute atomic E-state index is 12.8. The van der Waals surface area contributed by atoms with E-state index in [1.807, 2.05) is 48.6 Å². The van der Waals surface area contributed by atoms with Gasteiger partial charge in [0, 0.05) is 37.9 Å². The minimum absolute atomic E-state index is 0.0230. The van der Waals surface area contributed by atoms with Gasteiger partial charge in [-0.2, -0.15) is 0 Å². The Morgan fingerprint density at radius 3 is 2.68 bits per heavy atom. The fourth-order valence-electron chi connectivity index (χ4n) is 3.43. The number of anilines is 2. The number of aryl methyl sites for hydroxylation is 2. The molecule has 1 aliphatic heterocycles. The van der Waals surface area contributed by atoms with Crippen molar-refractivity contribution in [1.82, 2.24) is 19.9 Å². The van der Waals surface area contributed by atoms with Crippen molar-refractivity contribution in [3.63, 3.8) is 0 Å². The van der Waals surface area contributed by atoms with E-state index >= 15 is 0 Å². The average Bonchev–Trinajstić information content (AvgIpc) is 3.38. The van der Waals surface area contributed by atoms with Crippen LogP contribution in [-0.4, -0.2) is 52.1 Å². The van der Waals surface area contributed by atoms with Gasteiger partial charge in [0.2, 0.25) is 0 Å². The molecule has 0 bridgehead atoms. The second kappa shape index (κ2) is 9.49. The number of thiazole rings is 2. The highest BCUT2D eigenvalue weighted by Crippen LogP contribution is 2.32. The Kier molecular flexibility index (Phi) is 6.53. The Bertz CT molecular complexity index is 1120. The normalized spacial score (nSPS) is 14.3. The Hall–Kier alpha value is -2.91. The average molecular weight is 453 g/mol. The molecule has 0 unspecified atom stereocenters. The van der Waals surface area contributed by atoms with Gasteiger partial charge in [-0.3, -0.25) is 9.79 Å². The molecule has 1 aliphatic rings. The van der Waals surface area contributed by atoms with E-state index in [2.05, 4.69) is 25.3 Å². The summed E-state index contributed by atoms with van der Waals surface area (Å²) in [5.74, 6) is 0.687. The summed E-state index contributed by atoms with van der Waals surface area (Å²) >= 11 is 3.17. The van der Waals surface area contributed by atoms with Gasteiger partial charge in [0.05, 0.1) is 26.8 Å². The number of hydrogen-bond donors (Lipinski definition) is 1. The van der Waals surface area contributed by atoms with E-state index in [1.54, 1.807) is 24.6 Å². The third-order valence-corrected chi connectivity index (χ3v) is 6.89. The molecule has 0 spiro atoms. The van der Waals surface area contributed by atoms with E-state index in [1.165, 1.54) is 16.9 Å². The minimum Gasteiger partial charge on any atom is -0.338 e. The zero-order valence-corrected chi connectivity index (χ0v) is 19.4. The zero-order chi connectivity index (χ0) is 21.8. The second-order valence-electron chi connectivity index (χ2n) is 7.27. The molecule has 160 valence electrons. The Morgan fingerprint density at radius 2 is 2.03 bits per heavy atom. The summed E-state index contributed by atoms with van der Waals surface area (Å²) in [6.45, 7) is 5.45. The van der Waals surface area contributed by atoms with E-state index in [4.69, 9.17) is 0 Å². The number of rotatable bonds is 5. The molecule has 0 radical (unpaired) electrons. The fourth-order valence-corrected chi connectivity index (χ4v) is 5.10. The molecule has 7 nitrogen and oxygen atoms in total. The molecule has 1 N–H and O–H groups in total. The lowest BCUT2D eigenvalue weighted by Gasteiger charge is -2.28. The maximum atomic E-state index is 12.8. The van der Waals surface area contributed by atoms with Crippen LogP contribution in [-0.2, 0) is 0 Å². The van der Waals surface area contributed by atoms with Gasteiger partial charge in [-0.05, 0) is 44.9 Å². The molecule has 0 atom stereocenters. The summed E-state index contributed by atoms with van der Waals surface area (Å²) in [6, 6.07) is 3.64. The maximum Gasteiger partial charge on any atom is 0.255 e. The first kappa shape index (κ1) is 21.3. The van der Waals surface area contributed by atoms with Crippen molar-refractivity contribution in [3.8, 4) is 10.6 Å². The van der Waals surface area contributed by atoms with Gasteiger partial charge in [0.25, 0.3) is 5.91 Å². The van der Waals surface area contributed by atoms with E-state index in [9.17, 15) is 4.79 Å². The summed E-state index contributed by atoms with van der Waals surface area (Å²) in [6.07, 6.45) is 7.26. The molecule has 1 amide bonds. The van der Waals surface area contributed by atoms with Crippen LogP contribution >= 0.6 is 22.7 Å². The minimum atomic E-state index is 0.0230. The first-order chi connectivity index (χ1) is 15.0. The molecule has 1 fully saturated rings. The number of amides is 1. The highest BCUT2D eigenvalue weighted by Gasteiger charge is 2.20. The molecule has 0 aliphatic carbocycles. The van der Waals surface area contributed by atoms with E-state index < -0.39 is 0 Å². The molecule has 4 heterocycles.